The zero-order valence-corrected chi connectivity index (χ0v) is 17.6. The van der Waals surface area contributed by atoms with E-state index in [1.54, 1.807) is 53.7 Å². The molecule has 1 aromatic rings. The number of ether oxygens (including phenoxy) is 2. The van der Waals surface area contributed by atoms with Crippen molar-refractivity contribution in [1.82, 2.24) is 5.06 Å². The van der Waals surface area contributed by atoms with Crippen LogP contribution in [0, 0.1) is 0 Å². The number of amides is 1. The van der Waals surface area contributed by atoms with Crippen LogP contribution in [0.2, 0.25) is 0 Å². The Morgan fingerprint density at radius 1 is 0.857 bits per heavy atom. The fourth-order valence-corrected chi connectivity index (χ4v) is 2.15. The lowest BCUT2D eigenvalue weighted by molar-refractivity contribution is -0.136. The summed E-state index contributed by atoms with van der Waals surface area (Å²) in [5.74, 6) is 0.0254. The van der Waals surface area contributed by atoms with Gasteiger partial charge in [0.1, 0.15) is 11.2 Å². The van der Waals surface area contributed by atoms with Crippen LogP contribution in [0.1, 0.15) is 71.2 Å². The monoisotopic (exact) mass is 393 g/mol. The third-order valence-electron chi connectivity index (χ3n) is 3.28. The summed E-state index contributed by atoms with van der Waals surface area (Å²) in [4.78, 5) is 41.4. The number of ketones is 1. The van der Waals surface area contributed by atoms with Gasteiger partial charge in [0.2, 0.25) is 0 Å². The molecule has 0 saturated carbocycles. The fourth-order valence-electron chi connectivity index (χ4n) is 2.15. The van der Waals surface area contributed by atoms with E-state index in [9.17, 15) is 14.4 Å². The van der Waals surface area contributed by atoms with E-state index in [0.29, 0.717) is 24.8 Å². The van der Waals surface area contributed by atoms with Gasteiger partial charge in [0.05, 0.1) is 6.54 Å². The minimum atomic E-state index is -0.987. The fraction of sp³-hybridized carbons (Fsp3) is 0.571. The molecule has 0 unspecified atom stereocenters. The number of rotatable bonds is 6. The summed E-state index contributed by atoms with van der Waals surface area (Å²) in [6.07, 6.45) is -0.448. The van der Waals surface area contributed by atoms with Crippen molar-refractivity contribution < 1.29 is 28.7 Å². The maximum Gasteiger partial charge on any atom is 0.534 e. The van der Waals surface area contributed by atoms with Crippen LogP contribution in [0.5, 0.6) is 0 Å². The van der Waals surface area contributed by atoms with E-state index in [1.165, 1.54) is 0 Å². The lowest BCUT2D eigenvalue weighted by atomic mass is 10.1. The molecular formula is C21H31NO6. The van der Waals surface area contributed by atoms with Crippen molar-refractivity contribution in [3.63, 3.8) is 0 Å². The molecular weight excluding hydrogens is 362 g/mol. The van der Waals surface area contributed by atoms with Gasteiger partial charge >= 0.3 is 12.2 Å². The van der Waals surface area contributed by atoms with Gasteiger partial charge in [-0.15, -0.1) is 5.06 Å². The molecule has 156 valence electrons. The Morgan fingerprint density at radius 2 is 1.43 bits per heavy atom. The zero-order valence-electron chi connectivity index (χ0n) is 17.6. The molecule has 28 heavy (non-hydrogen) atoms. The Labute approximate surface area is 166 Å². The van der Waals surface area contributed by atoms with Crippen LogP contribution in [0.25, 0.3) is 0 Å². The van der Waals surface area contributed by atoms with E-state index in [4.69, 9.17) is 14.3 Å². The highest BCUT2D eigenvalue weighted by Crippen LogP contribution is 2.14. The van der Waals surface area contributed by atoms with Gasteiger partial charge in [0.15, 0.2) is 5.78 Å². The molecule has 0 N–H and O–H groups in total. The quantitative estimate of drug-likeness (QED) is 0.288. The van der Waals surface area contributed by atoms with Gasteiger partial charge in [0, 0.05) is 12.0 Å². The van der Waals surface area contributed by atoms with Crippen molar-refractivity contribution in [3.8, 4) is 0 Å². The summed E-state index contributed by atoms with van der Waals surface area (Å²) < 4.78 is 10.4. The molecule has 1 amide bonds. The summed E-state index contributed by atoms with van der Waals surface area (Å²) >= 11 is 0. The molecule has 0 heterocycles. The third-order valence-corrected chi connectivity index (χ3v) is 3.28. The lowest BCUT2D eigenvalue weighted by Crippen LogP contribution is -2.40. The molecule has 7 heteroatoms. The van der Waals surface area contributed by atoms with Crippen LogP contribution in [-0.4, -0.2) is 40.8 Å². The maximum atomic E-state index is 12.3. The summed E-state index contributed by atoms with van der Waals surface area (Å²) in [6.45, 7) is 10.3. The van der Waals surface area contributed by atoms with E-state index < -0.39 is 23.5 Å². The average Bonchev–Trinajstić information content (AvgIpc) is 2.55. The summed E-state index contributed by atoms with van der Waals surface area (Å²) in [7, 11) is 0. The molecule has 7 nitrogen and oxygen atoms in total. The van der Waals surface area contributed by atoms with Crippen LogP contribution in [0.4, 0.5) is 9.59 Å². The number of unbranched alkanes of at least 4 members (excludes halogenated alkanes) is 1. The number of carbonyl (C=O) groups is 3. The van der Waals surface area contributed by atoms with Crippen molar-refractivity contribution in [2.75, 3.05) is 6.54 Å². The Bertz CT molecular complexity index is 658. The van der Waals surface area contributed by atoms with Crippen molar-refractivity contribution in [1.29, 1.82) is 0 Å². The minimum Gasteiger partial charge on any atom is -0.442 e. The largest absolute Gasteiger partial charge is 0.534 e. The molecule has 0 aliphatic rings. The molecule has 0 aliphatic heterocycles. The van der Waals surface area contributed by atoms with Crippen LogP contribution in [0.3, 0.4) is 0 Å². The van der Waals surface area contributed by atoms with Crippen LogP contribution in [0.15, 0.2) is 30.3 Å². The smallest absolute Gasteiger partial charge is 0.442 e. The van der Waals surface area contributed by atoms with Crippen molar-refractivity contribution >= 4 is 18.0 Å². The number of hydrogen-bond donors (Lipinski definition) is 0. The standard InChI is InChI=1S/C21H31NO6/c1-20(2,3)26-18(24)22(28-19(25)27-21(4,5)6)15-11-10-14-17(23)16-12-8-7-9-13-16/h7-9,12-13H,10-11,14-15H2,1-6H3. The van der Waals surface area contributed by atoms with E-state index in [1.807, 2.05) is 18.2 Å². The SMILES string of the molecule is CC(C)(C)OC(=O)ON(CCCCC(=O)c1ccccc1)C(=O)OC(C)(C)C. The zero-order chi connectivity index (χ0) is 21.4. The van der Waals surface area contributed by atoms with Gasteiger partial charge in [-0.25, -0.2) is 9.59 Å². The van der Waals surface area contributed by atoms with Crippen molar-refractivity contribution in [2.45, 2.75) is 72.0 Å². The summed E-state index contributed by atoms with van der Waals surface area (Å²) in [5.41, 5.74) is -0.842. The second kappa shape index (κ2) is 10.1. The van der Waals surface area contributed by atoms with E-state index in [2.05, 4.69) is 0 Å². The molecule has 0 saturated heterocycles. The number of nitrogens with zero attached hydrogens (tertiary/aromatic N) is 1. The number of hydroxylamine groups is 2. The number of carbonyl (C=O) groups excluding carboxylic acids is 3. The molecule has 0 atom stereocenters. The Balaban J connectivity index is 2.60. The summed E-state index contributed by atoms with van der Waals surface area (Å²) in [5, 5.41) is 0.840. The minimum absolute atomic E-state index is 0.0254. The topological polar surface area (TPSA) is 82.1 Å². The molecule has 1 aromatic carbocycles. The first kappa shape index (κ1) is 23.5. The van der Waals surface area contributed by atoms with Gasteiger partial charge in [-0.2, -0.15) is 0 Å². The maximum absolute atomic E-state index is 12.3. The normalized spacial score (nSPS) is 11.5. The third kappa shape index (κ3) is 9.94. The Hall–Kier alpha value is -2.57. The van der Waals surface area contributed by atoms with Gasteiger partial charge < -0.3 is 14.3 Å². The van der Waals surface area contributed by atoms with E-state index in [0.717, 1.165) is 5.06 Å². The van der Waals surface area contributed by atoms with Crippen LogP contribution >= 0.6 is 0 Å². The van der Waals surface area contributed by atoms with Crippen LogP contribution in [-0.2, 0) is 14.3 Å². The highest BCUT2D eigenvalue weighted by Gasteiger charge is 2.27. The molecule has 0 aromatic heterocycles. The van der Waals surface area contributed by atoms with E-state index >= 15 is 0 Å². The summed E-state index contributed by atoms with van der Waals surface area (Å²) in [6, 6.07) is 9.00. The highest BCUT2D eigenvalue weighted by molar-refractivity contribution is 5.95. The van der Waals surface area contributed by atoms with Gasteiger partial charge in [-0.05, 0) is 54.4 Å². The van der Waals surface area contributed by atoms with Crippen LogP contribution < -0.4 is 0 Å². The van der Waals surface area contributed by atoms with Gasteiger partial charge in [-0.1, -0.05) is 30.3 Å². The first-order chi connectivity index (χ1) is 12.9. The molecule has 0 spiro atoms. The molecule has 0 bridgehead atoms. The molecule has 0 aliphatic carbocycles. The van der Waals surface area contributed by atoms with Crippen molar-refractivity contribution in [3.05, 3.63) is 35.9 Å². The first-order valence-corrected chi connectivity index (χ1v) is 9.37. The average molecular weight is 393 g/mol. The van der Waals surface area contributed by atoms with Gasteiger partial charge in [0.25, 0.3) is 0 Å². The second-order valence-electron chi connectivity index (χ2n) is 8.38. The molecule has 0 radical (unpaired) electrons. The molecule has 1 rings (SSSR count). The second-order valence-corrected chi connectivity index (χ2v) is 8.38. The Morgan fingerprint density at radius 3 is 1.96 bits per heavy atom. The first-order valence-electron chi connectivity index (χ1n) is 9.37. The number of benzene rings is 1. The Kier molecular flexibility index (Phi) is 8.47. The number of Topliss-reactive ketones (excluding diaryl/α,β-unsaturated/α-hetero) is 1. The predicted octanol–water partition coefficient (Wildman–Crippen LogP) is 5.14. The van der Waals surface area contributed by atoms with Gasteiger partial charge in [-0.3, -0.25) is 4.79 Å². The lowest BCUT2D eigenvalue weighted by Gasteiger charge is -2.27. The van der Waals surface area contributed by atoms with E-state index in [-0.39, 0.29) is 12.3 Å². The molecule has 0 fully saturated rings. The highest BCUT2D eigenvalue weighted by atomic mass is 16.8. The van der Waals surface area contributed by atoms with Crippen molar-refractivity contribution in [2.24, 2.45) is 0 Å². The number of hydrogen-bond acceptors (Lipinski definition) is 6. The predicted molar refractivity (Wildman–Crippen MR) is 105 cm³/mol.